The number of carbonyl (C=O) groups excluding carboxylic acids is 2. The third-order valence-corrected chi connectivity index (χ3v) is 3.89. The Balaban J connectivity index is 2.64. The summed E-state index contributed by atoms with van der Waals surface area (Å²) in [6.45, 7) is 14.7. The van der Waals surface area contributed by atoms with Crippen LogP contribution in [0.15, 0.2) is 42.5 Å². The number of carbonyl (C=O) groups is 2. The molecule has 0 fully saturated rings. The molecular formula is C21H31NO4. The smallest absolute Gasteiger partial charge is 0.408 e. The molecule has 0 aliphatic carbocycles. The molecule has 3 atom stereocenters. The molecule has 1 N–H and O–H groups in total. The van der Waals surface area contributed by atoms with Crippen molar-refractivity contribution in [1.82, 2.24) is 5.32 Å². The number of benzene rings is 1. The lowest BCUT2D eigenvalue weighted by atomic mass is 9.89. The van der Waals surface area contributed by atoms with Crippen LogP contribution >= 0.6 is 0 Å². The van der Waals surface area contributed by atoms with Crippen LogP contribution in [0.1, 0.15) is 47.1 Å². The Labute approximate surface area is 156 Å². The molecule has 1 unspecified atom stereocenters. The predicted molar refractivity (Wildman–Crippen MR) is 103 cm³/mol. The minimum atomic E-state index is -0.796. The van der Waals surface area contributed by atoms with Crippen molar-refractivity contribution >= 4 is 12.1 Å². The molecule has 5 heteroatoms. The lowest BCUT2D eigenvalue weighted by Gasteiger charge is -2.26. The zero-order valence-electron chi connectivity index (χ0n) is 16.7. The first-order chi connectivity index (χ1) is 12.0. The Morgan fingerprint density at radius 3 is 2.23 bits per heavy atom. The number of amides is 1. The summed E-state index contributed by atoms with van der Waals surface area (Å²) >= 11 is 0. The van der Waals surface area contributed by atoms with Gasteiger partial charge in [0.15, 0.2) is 0 Å². The number of nitrogens with one attached hydrogen (secondary N) is 1. The summed E-state index contributed by atoms with van der Waals surface area (Å²) in [4.78, 5) is 24.1. The highest BCUT2D eigenvalue weighted by Crippen LogP contribution is 2.22. The van der Waals surface area contributed by atoms with Crippen LogP contribution in [0.3, 0.4) is 0 Å². The third-order valence-electron chi connectivity index (χ3n) is 3.89. The minimum Gasteiger partial charge on any atom is -0.461 e. The van der Waals surface area contributed by atoms with Gasteiger partial charge in [0.25, 0.3) is 0 Å². The lowest BCUT2D eigenvalue weighted by molar-refractivity contribution is -0.152. The number of rotatable bonds is 7. The SMILES string of the molecule is C=C(C)[C@@H](Cc1ccccc1)[C@H](C)OC(=O)C(C)NC(=O)OC(C)(C)C. The van der Waals surface area contributed by atoms with E-state index in [9.17, 15) is 9.59 Å². The Kier molecular flexibility index (Phi) is 7.87. The van der Waals surface area contributed by atoms with Crippen molar-refractivity contribution in [3.05, 3.63) is 48.0 Å². The average Bonchev–Trinajstić information content (AvgIpc) is 2.51. The molecule has 0 radical (unpaired) electrons. The molecule has 0 aliphatic heterocycles. The molecule has 1 aromatic rings. The number of ether oxygens (including phenoxy) is 2. The van der Waals surface area contributed by atoms with Crippen LogP contribution in [0.5, 0.6) is 0 Å². The van der Waals surface area contributed by atoms with Gasteiger partial charge < -0.3 is 14.8 Å². The molecule has 1 amide bonds. The second-order valence-electron chi connectivity index (χ2n) is 7.65. The van der Waals surface area contributed by atoms with Crippen molar-refractivity contribution in [1.29, 1.82) is 0 Å². The van der Waals surface area contributed by atoms with E-state index in [1.54, 1.807) is 27.7 Å². The molecule has 0 heterocycles. The van der Waals surface area contributed by atoms with E-state index in [4.69, 9.17) is 9.47 Å². The summed E-state index contributed by atoms with van der Waals surface area (Å²) in [6, 6.07) is 9.21. The van der Waals surface area contributed by atoms with Crippen molar-refractivity contribution in [3.63, 3.8) is 0 Å². The van der Waals surface area contributed by atoms with Gasteiger partial charge in [0.1, 0.15) is 17.7 Å². The molecule has 0 spiro atoms. The van der Waals surface area contributed by atoms with E-state index in [0.717, 1.165) is 17.6 Å². The minimum absolute atomic E-state index is 0.00456. The zero-order valence-corrected chi connectivity index (χ0v) is 16.7. The molecule has 1 rings (SSSR count). The van der Waals surface area contributed by atoms with Gasteiger partial charge in [-0.1, -0.05) is 42.5 Å². The molecule has 5 nitrogen and oxygen atoms in total. The van der Waals surface area contributed by atoms with Crippen LogP contribution < -0.4 is 5.32 Å². The molecule has 0 bridgehead atoms. The predicted octanol–water partition coefficient (Wildman–Crippen LogP) is 4.27. The Morgan fingerprint density at radius 1 is 1.15 bits per heavy atom. The van der Waals surface area contributed by atoms with Gasteiger partial charge in [-0.3, -0.25) is 0 Å². The fourth-order valence-corrected chi connectivity index (χ4v) is 2.52. The second kappa shape index (κ2) is 9.41. The van der Waals surface area contributed by atoms with Gasteiger partial charge in [-0.25, -0.2) is 9.59 Å². The van der Waals surface area contributed by atoms with Crippen LogP contribution in [-0.4, -0.2) is 29.8 Å². The maximum atomic E-state index is 12.3. The molecule has 1 aromatic carbocycles. The molecule has 26 heavy (non-hydrogen) atoms. The Morgan fingerprint density at radius 2 is 1.73 bits per heavy atom. The molecule has 0 aromatic heterocycles. The van der Waals surface area contributed by atoms with E-state index in [0.29, 0.717) is 0 Å². The van der Waals surface area contributed by atoms with Gasteiger partial charge in [-0.05, 0) is 53.5 Å². The first-order valence-electron chi connectivity index (χ1n) is 8.89. The summed E-state index contributed by atoms with van der Waals surface area (Å²) in [5, 5.41) is 2.50. The number of esters is 1. The van der Waals surface area contributed by atoms with Crippen molar-refractivity contribution in [2.24, 2.45) is 5.92 Å². The van der Waals surface area contributed by atoms with Crippen molar-refractivity contribution in [2.75, 3.05) is 0 Å². The highest BCUT2D eigenvalue weighted by molar-refractivity contribution is 5.81. The van der Waals surface area contributed by atoms with Gasteiger partial charge in [0.05, 0.1) is 0 Å². The lowest BCUT2D eigenvalue weighted by Crippen LogP contribution is -2.43. The molecular weight excluding hydrogens is 330 g/mol. The summed E-state index contributed by atoms with van der Waals surface area (Å²) < 4.78 is 10.7. The van der Waals surface area contributed by atoms with Gasteiger partial charge in [0, 0.05) is 5.92 Å². The first-order valence-corrected chi connectivity index (χ1v) is 8.89. The summed E-state index contributed by atoms with van der Waals surface area (Å²) in [7, 11) is 0. The summed E-state index contributed by atoms with van der Waals surface area (Å²) in [5.74, 6) is -0.502. The Hall–Kier alpha value is -2.30. The quantitative estimate of drug-likeness (QED) is 0.582. The van der Waals surface area contributed by atoms with E-state index >= 15 is 0 Å². The molecule has 0 saturated heterocycles. The van der Waals surface area contributed by atoms with Crippen molar-refractivity contribution in [3.8, 4) is 0 Å². The van der Waals surface area contributed by atoms with Crippen LogP contribution in [-0.2, 0) is 20.7 Å². The van der Waals surface area contributed by atoms with E-state index < -0.39 is 23.7 Å². The fraction of sp³-hybridized carbons (Fsp3) is 0.524. The monoisotopic (exact) mass is 361 g/mol. The number of alkyl carbamates (subject to hydrolysis) is 1. The first kappa shape index (κ1) is 21.7. The van der Waals surface area contributed by atoms with Crippen molar-refractivity contribution < 1.29 is 19.1 Å². The highest BCUT2D eigenvalue weighted by atomic mass is 16.6. The normalized spacial score (nSPS) is 14.7. The number of hydrogen-bond acceptors (Lipinski definition) is 4. The highest BCUT2D eigenvalue weighted by Gasteiger charge is 2.26. The summed E-state index contributed by atoms with van der Waals surface area (Å²) in [6.07, 6.45) is -0.267. The van der Waals surface area contributed by atoms with Crippen LogP contribution in [0, 0.1) is 5.92 Å². The van der Waals surface area contributed by atoms with E-state index in [2.05, 4.69) is 11.9 Å². The van der Waals surface area contributed by atoms with Gasteiger partial charge in [-0.15, -0.1) is 0 Å². The summed E-state index contributed by atoms with van der Waals surface area (Å²) in [5.41, 5.74) is 1.48. The van der Waals surface area contributed by atoms with Crippen LogP contribution in [0.25, 0.3) is 0 Å². The van der Waals surface area contributed by atoms with E-state index in [1.807, 2.05) is 44.2 Å². The van der Waals surface area contributed by atoms with Crippen LogP contribution in [0.2, 0.25) is 0 Å². The van der Waals surface area contributed by atoms with Crippen molar-refractivity contribution in [2.45, 2.75) is 65.7 Å². The number of hydrogen-bond donors (Lipinski definition) is 1. The van der Waals surface area contributed by atoms with Gasteiger partial charge in [-0.2, -0.15) is 0 Å². The average molecular weight is 361 g/mol. The maximum Gasteiger partial charge on any atom is 0.408 e. The molecule has 0 aliphatic rings. The van der Waals surface area contributed by atoms with Gasteiger partial charge in [0.2, 0.25) is 0 Å². The van der Waals surface area contributed by atoms with E-state index in [-0.39, 0.29) is 12.0 Å². The Bertz CT molecular complexity index is 619. The molecule has 144 valence electrons. The topological polar surface area (TPSA) is 64.6 Å². The van der Waals surface area contributed by atoms with Gasteiger partial charge >= 0.3 is 12.1 Å². The van der Waals surface area contributed by atoms with Crippen LogP contribution in [0.4, 0.5) is 4.79 Å². The zero-order chi connectivity index (χ0) is 19.9. The fourth-order valence-electron chi connectivity index (χ4n) is 2.52. The molecule has 0 saturated carbocycles. The largest absolute Gasteiger partial charge is 0.461 e. The maximum absolute atomic E-state index is 12.3. The van der Waals surface area contributed by atoms with E-state index in [1.165, 1.54) is 0 Å². The second-order valence-corrected chi connectivity index (χ2v) is 7.65. The standard InChI is InChI=1S/C21H31NO4/c1-14(2)18(13-17-11-9-8-10-12-17)16(4)25-19(23)15(3)22-20(24)26-21(5,6)7/h8-12,15-16,18H,1,13H2,2-7H3,(H,22,24)/t15?,16-,18+/m0/s1. The third kappa shape index (κ3) is 7.72.